The molecule has 0 spiro atoms. The number of pyridine rings is 1. The average Bonchev–Trinajstić information content (AvgIpc) is 3.40. The summed E-state index contributed by atoms with van der Waals surface area (Å²) in [6, 6.07) is 9.32. The summed E-state index contributed by atoms with van der Waals surface area (Å²) < 4.78 is 1.90. The molecule has 5 rings (SSSR count). The number of hydrogen-bond acceptors (Lipinski definition) is 5. The number of benzene rings is 1. The second kappa shape index (κ2) is 7.20. The number of fused-ring (bicyclic) bond motifs is 1. The van der Waals surface area contributed by atoms with Gasteiger partial charge < -0.3 is 10.7 Å². The molecule has 31 heavy (non-hydrogen) atoms. The molecule has 158 valence electrons. The van der Waals surface area contributed by atoms with Crippen LogP contribution in [0.3, 0.4) is 0 Å². The summed E-state index contributed by atoms with van der Waals surface area (Å²) in [5.41, 5.74) is 4.94. The number of anilines is 1. The minimum atomic E-state index is -0.419. The number of amides is 1. The lowest BCUT2D eigenvalue weighted by molar-refractivity contribution is -0.115. The molecule has 3 heterocycles. The van der Waals surface area contributed by atoms with Gasteiger partial charge in [-0.25, -0.2) is 0 Å². The van der Waals surface area contributed by atoms with Crippen molar-refractivity contribution in [3.63, 3.8) is 0 Å². The molecule has 0 bridgehead atoms. The van der Waals surface area contributed by atoms with Crippen LogP contribution in [0.1, 0.15) is 42.8 Å². The monoisotopic (exact) mass is 434 g/mol. The Morgan fingerprint density at radius 3 is 2.55 bits per heavy atom. The molecule has 1 amide bonds. The second-order valence-corrected chi connectivity index (χ2v) is 8.72. The van der Waals surface area contributed by atoms with Gasteiger partial charge in [-0.3, -0.25) is 14.1 Å². The zero-order valence-electron chi connectivity index (χ0n) is 17.6. The maximum atomic E-state index is 13.7. The topological polar surface area (TPSA) is 86.4 Å². The quantitative estimate of drug-likeness (QED) is 0.591. The van der Waals surface area contributed by atoms with E-state index in [1.807, 2.05) is 54.8 Å². The summed E-state index contributed by atoms with van der Waals surface area (Å²) in [5.74, 6) is 0.625. The minimum absolute atomic E-state index is 0.127. The van der Waals surface area contributed by atoms with Crippen LogP contribution in [0.25, 0.3) is 5.65 Å². The van der Waals surface area contributed by atoms with Crippen molar-refractivity contribution in [3.05, 3.63) is 69.8 Å². The van der Waals surface area contributed by atoms with E-state index in [1.54, 1.807) is 11.8 Å². The zero-order chi connectivity index (χ0) is 21.9. The zero-order valence-corrected chi connectivity index (χ0v) is 18.4. The summed E-state index contributed by atoms with van der Waals surface area (Å²) >= 11 is 6.13. The van der Waals surface area contributed by atoms with Crippen LogP contribution in [-0.2, 0) is 4.79 Å². The van der Waals surface area contributed by atoms with Gasteiger partial charge in [-0.15, -0.1) is 10.2 Å². The summed E-state index contributed by atoms with van der Waals surface area (Å²) in [6.07, 6.45) is 3.98. The summed E-state index contributed by atoms with van der Waals surface area (Å²) in [5, 5.41) is 20.9. The van der Waals surface area contributed by atoms with Crippen molar-refractivity contribution in [2.75, 3.05) is 4.90 Å². The maximum Gasteiger partial charge on any atom is 0.275 e. The molecular formula is C23H23ClN6O. The van der Waals surface area contributed by atoms with Gasteiger partial charge >= 0.3 is 0 Å². The molecule has 7 nitrogen and oxygen atoms in total. The summed E-state index contributed by atoms with van der Waals surface area (Å²) in [7, 11) is 0. The van der Waals surface area contributed by atoms with Crippen LogP contribution in [0.5, 0.6) is 0 Å². The van der Waals surface area contributed by atoms with Crippen molar-refractivity contribution < 1.29 is 4.79 Å². The molecule has 0 radical (unpaired) electrons. The molecule has 8 heteroatoms. The Balaban J connectivity index is 1.71. The average molecular weight is 435 g/mol. The van der Waals surface area contributed by atoms with Crippen LogP contribution in [0, 0.1) is 19.3 Å². The van der Waals surface area contributed by atoms with Crippen LogP contribution in [0.4, 0.5) is 5.69 Å². The Hall–Kier alpha value is -3.19. The van der Waals surface area contributed by atoms with Gasteiger partial charge in [-0.2, -0.15) is 0 Å². The van der Waals surface area contributed by atoms with Crippen LogP contribution in [0.2, 0.25) is 5.02 Å². The molecule has 1 atom stereocenters. The molecule has 2 aliphatic rings. The van der Waals surface area contributed by atoms with Crippen molar-refractivity contribution in [2.45, 2.75) is 45.7 Å². The van der Waals surface area contributed by atoms with Gasteiger partial charge in [0.15, 0.2) is 5.65 Å². The number of halogens is 1. The second-order valence-electron chi connectivity index (χ2n) is 8.28. The molecule has 0 saturated heterocycles. The van der Waals surface area contributed by atoms with E-state index in [4.69, 9.17) is 17.0 Å². The Morgan fingerprint density at radius 1 is 1.19 bits per heavy atom. The van der Waals surface area contributed by atoms with Gasteiger partial charge in [-0.1, -0.05) is 23.7 Å². The van der Waals surface area contributed by atoms with Crippen molar-refractivity contribution in [3.8, 4) is 0 Å². The van der Waals surface area contributed by atoms with Crippen LogP contribution < -0.4 is 10.2 Å². The smallest absolute Gasteiger partial charge is 0.275 e. The lowest BCUT2D eigenvalue weighted by atomic mass is 9.95. The molecule has 1 aromatic carbocycles. The van der Waals surface area contributed by atoms with Gasteiger partial charge in [0.2, 0.25) is 0 Å². The first-order valence-corrected chi connectivity index (χ1v) is 10.7. The van der Waals surface area contributed by atoms with E-state index in [-0.39, 0.29) is 5.91 Å². The highest BCUT2D eigenvalue weighted by Gasteiger charge is 2.43. The van der Waals surface area contributed by atoms with Gasteiger partial charge in [0, 0.05) is 28.5 Å². The number of aryl methyl sites for hydroxylation is 2. The van der Waals surface area contributed by atoms with E-state index in [0.29, 0.717) is 28.0 Å². The highest BCUT2D eigenvalue weighted by atomic mass is 35.5. The fourth-order valence-electron chi connectivity index (χ4n) is 4.19. The Kier molecular flexibility index (Phi) is 4.59. The number of nitrogens with zero attached hydrogens (tertiary/aromatic N) is 4. The maximum absolute atomic E-state index is 13.7. The summed E-state index contributed by atoms with van der Waals surface area (Å²) in [6.45, 7) is 5.59. The van der Waals surface area contributed by atoms with Crippen molar-refractivity contribution in [1.82, 2.24) is 19.9 Å². The molecule has 1 aliphatic carbocycles. The highest BCUT2D eigenvalue weighted by molar-refractivity contribution is 6.30. The van der Waals surface area contributed by atoms with Gasteiger partial charge in [0.05, 0.1) is 11.7 Å². The third-order valence-corrected chi connectivity index (χ3v) is 6.12. The predicted octanol–water partition coefficient (Wildman–Crippen LogP) is 4.13. The number of carbonyl (C=O) groups is 1. The largest absolute Gasteiger partial charge is 0.377 e. The van der Waals surface area contributed by atoms with E-state index in [2.05, 4.69) is 15.5 Å². The number of aromatic nitrogens is 3. The normalized spacial score (nSPS) is 18.9. The van der Waals surface area contributed by atoms with Gasteiger partial charge in [-0.05, 0) is 62.9 Å². The highest BCUT2D eigenvalue weighted by Crippen LogP contribution is 2.42. The Bertz CT molecular complexity index is 1260. The number of nitrogens with one attached hydrogen (secondary N) is 2. The van der Waals surface area contributed by atoms with Gasteiger partial charge in [0.1, 0.15) is 11.5 Å². The van der Waals surface area contributed by atoms with E-state index in [1.165, 1.54) is 0 Å². The standard InChI is InChI=1S/C23H23ClN6O/c1-12-10-18(11-29-14(3)27-28-22(12)29)30-21(15-4-6-16(24)7-5-15)19(13(2)25)20(23(30)31)26-17-8-9-17/h4-7,10-11,17,21,25-26H,8-9H2,1-3H3. The first kappa shape index (κ1) is 19.8. The third kappa shape index (κ3) is 3.29. The Labute approximate surface area is 185 Å². The number of rotatable bonds is 5. The lowest BCUT2D eigenvalue weighted by Crippen LogP contribution is -2.33. The van der Waals surface area contributed by atoms with E-state index < -0.39 is 6.04 Å². The molecule has 2 aromatic heterocycles. The van der Waals surface area contributed by atoms with Crippen LogP contribution in [0.15, 0.2) is 47.8 Å². The third-order valence-electron chi connectivity index (χ3n) is 5.87. The van der Waals surface area contributed by atoms with E-state index >= 15 is 0 Å². The fraction of sp³-hybridized carbons (Fsp3) is 0.304. The molecule has 1 fully saturated rings. The molecule has 1 saturated carbocycles. The molecular weight excluding hydrogens is 412 g/mol. The molecule has 2 N–H and O–H groups in total. The fourth-order valence-corrected chi connectivity index (χ4v) is 4.32. The molecule has 1 aliphatic heterocycles. The predicted molar refractivity (Wildman–Crippen MR) is 121 cm³/mol. The van der Waals surface area contributed by atoms with Crippen molar-refractivity contribution in [1.29, 1.82) is 5.41 Å². The first-order chi connectivity index (χ1) is 14.8. The van der Waals surface area contributed by atoms with E-state index in [9.17, 15) is 4.79 Å². The van der Waals surface area contributed by atoms with Gasteiger partial charge in [0.25, 0.3) is 5.91 Å². The minimum Gasteiger partial charge on any atom is -0.377 e. The lowest BCUT2D eigenvalue weighted by Gasteiger charge is -2.28. The number of carbonyl (C=O) groups excluding carboxylic acids is 1. The number of hydrogen-bond donors (Lipinski definition) is 2. The van der Waals surface area contributed by atoms with Crippen LogP contribution >= 0.6 is 11.6 Å². The van der Waals surface area contributed by atoms with E-state index in [0.717, 1.165) is 41.1 Å². The van der Waals surface area contributed by atoms with Crippen LogP contribution in [-0.4, -0.2) is 32.3 Å². The SMILES string of the molecule is CC(=N)C1=C(NC2CC2)C(=O)N(c2cc(C)c3nnc(C)n3c2)C1c1ccc(Cl)cc1. The molecule has 3 aromatic rings. The summed E-state index contributed by atoms with van der Waals surface area (Å²) in [4.78, 5) is 15.5. The Morgan fingerprint density at radius 2 is 1.90 bits per heavy atom. The van der Waals surface area contributed by atoms with Crippen molar-refractivity contribution in [2.24, 2.45) is 0 Å². The first-order valence-electron chi connectivity index (χ1n) is 10.3. The van der Waals surface area contributed by atoms with Crippen molar-refractivity contribution >= 4 is 34.6 Å². The molecule has 1 unspecified atom stereocenters.